The van der Waals surface area contributed by atoms with E-state index in [1.165, 1.54) is 4.90 Å². The van der Waals surface area contributed by atoms with Gasteiger partial charge in [-0.1, -0.05) is 91.0 Å². The molecule has 3 aromatic carbocycles. The van der Waals surface area contributed by atoms with Crippen molar-refractivity contribution in [2.24, 2.45) is 5.92 Å². The van der Waals surface area contributed by atoms with Crippen LogP contribution in [0.4, 0.5) is 0 Å². The van der Waals surface area contributed by atoms with Gasteiger partial charge in [0, 0.05) is 24.6 Å². The van der Waals surface area contributed by atoms with Crippen LogP contribution in [0.3, 0.4) is 0 Å². The number of hydrogen-bond acceptors (Lipinski definition) is 4. The Labute approximate surface area is 203 Å². The molecule has 6 heteroatoms. The lowest BCUT2D eigenvalue weighted by Gasteiger charge is -2.64. The summed E-state index contributed by atoms with van der Waals surface area (Å²) in [5.74, 6) is -2.94. The van der Waals surface area contributed by atoms with Gasteiger partial charge in [0.2, 0.25) is 5.72 Å². The van der Waals surface area contributed by atoms with Crippen molar-refractivity contribution in [3.8, 4) is 0 Å². The van der Waals surface area contributed by atoms with Crippen molar-refractivity contribution in [2.75, 3.05) is 6.54 Å². The van der Waals surface area contributed by atoms with Gasteiger partial charge in [0.25, 0.3) is 11.8 Å². The molecule has 4 fully saturated rings. The topological polar surface area (TPSA) is 77.9 Å². The number of carbonyl (C=O) groups is 3. The zero-order valence-corrected chi connectivity index (χ0v) is 19.2. The van der Waals surface area contributed by atoms with Gasteiger partial charge in [0.15, 0.2) is 5.78 Å². The summed E-state index contributed by atoms with van der Waals surface area (Å²) in [4.78, 5) is 45.3. The van der Waals surface area contributed by atoms with Gasteiger partial charge in [-0.15, -0.1) is 0 Å². The third-order valence-corrected chi connectivity index (χ3v) is 7.97. The number of aliphatic hydroxyl groups is 1. The van der Waals surface area contributed by atoms with E-state index in [9.17, 15) is 19.5 Å². The molecule has 4 atom stereocenters. The number of piperidine rings is 2. The molecule has 0 aromatic heterocycles. The third kappa shape index (κ3) is 2.89. The maximum absolute atomic E-state index is 14.3. The number of Topliss-reactive ketones (excluding diaryl/α,β-unsaturated/α-hetero) is 1. The van der Waals surface area contributed by atoms with Gasteiger partial charge in [-0.25, -0.2) is 0 Å². The highest BCUT2D eigenvalue weighted by Gasteiger charge is 2.77. The number of ketones is 1. The fourth-order valence-corrected chi connectivity index (χ4v) is 6.52. The summed E-state index contributed by atoms with van der Waals surface area (Å²) in [7, 11) is 0. The summed E-state index contributed by atoms with van der Waals surface area (Å²) in [6.07, 6.45) is 1.10. The summed E-state index contributed by atoms with van der Waals surface area (Å²) in [6, 6.07) is 27.5. The molecule has 0 unspecified atom stereocenters. The van der Waals surface area contributed by atoms with Crippen LogP contribution in [0, 0.1) is 5.92 Å². The molecule has 0 radical (unpaired) electrons. The number of piperazine rings is 1. The van der Waals surface area contributed by atoms with Crippen LogP contribution in [0.2, 0.25) is 0 Å². The predicted octanol–water partition coefficient (Wildman–Crippen LogP) is 3.38. The SMILES string of the molecule is O=C(c1ccccc1)[C@@H]1[C@H](c2ccccc2)[C@]23CCCN2C(=O)[C@@]1(O)N(Cc1ccccc1)C3=O. The summed E-state index contributed by atoms with van der Waals surface area (Å²) in [6.45, 7) is 0.444. The largest absolute Gasteiger partial charge is 0.362 e. The first-order valence-electron chi connectivity index (χ1n) is 12.0. The molecule has 6 nitrogen and oxygen atoms in total. The molecule has 3 aromatic rings. The number of benzene rings is 3. The normalized spacial score (nSPS) is 29.4. The molecule has 4 aliphatic rings. The second-order valence-corrected chi connectivity index (χ2v) is 9.68. The van der Waals surface area contributed by atoms with Crippen molar-refractivity contribution in [3.63, 3.8) is 0 Å². The Morgan fingerprint density at radius 3 is 2.11 bits per heavy atom. The van der Waals surface area contributed by atoms with Crippen LogP contribution in [0.15, 0.2) is 91.0 Å². The lowest BCUT2D eigenvalue weighted by molar-refractivity contribution is -0.239. The van der Waals surface area contributed by atoms with E-state index < -0.39 is 29.0 Å². The van der Waals surface area contributed by atoms with E-state index in [2.05, 4.69) is 0 Å². The zero-order valence-electron chi connectivity index (χ0n) is 19.2. The first kappa shape index (κ1) is 21.7. The smallest absolute Gasteiger partial charge is 0.277 e. The predicted molar refractivity (Wildman–Crippen MR) is 129 cm³/mol. The average Bonchev–Trinajstić information content (AvgIpc) is 3.35. The minimum Gasteiger partial charge on any atom is -0.362 e. The molecule has 0 aliphatic carbocycles. The highest BCUT2D eigenvalue weighted by molar-refractivity contribution is 6.11. The summed E-state index contributed by atoms with van der Waals surface area (Å²) in [5.41, 5.74) is -1.50. The van der Waals surface area contributed by atoms with Gasteiger partial charge < -0.3 is 10.0 Å². The van der Waals surface area contributed by atoms with Crippen LogP contribution in [-0.2, 0) is 16.1 Å². The van der Waals surface area contributed by atoms with Crippen LogP contribution in [0.1, 0.15) is 40.2 Å². The summed E-state index contributed by atoms with van der Waals surface area (Å²) >= 11 is 0. The highest BCUT2D eigenvalue weighted by atomic mass is 16.3. The van der Waals surface area contributed by atoms with E-state index in [0.717, 1.165) is 11.1 Å². The van der Waals surface area contributed by atoms with Gasteiger partial charge in [-0.3, -0.25) is 19.3 Å². The van der Waals surface area contributed by atoms with Crippen molar-refractivity contribution in [1.82, 2.24) is 9.80 Å². The Morgan fingerprint density at radius 1 is 0.857 bits per heavy atom. The Kier molecular flexibility index (Phi) is 4.90. The Hall–Kier alpha value is -3.77. The number of rotatable bonds is 5. The molecule has 2 bridgehead atoms. The number of nitrogens with zero attached hydrogens (tertiary/aromatic N) is 2. The van der Waals surface area contributed by atoms with E-state index >= 15 is 0 Å². The van der Waals surface area contributed by atoms with Gasteiger partial charge >= 0.3 is 0 Å². The Bertz CT molecular complexity index is 1300. The molecular weight excluding hydrogens is 440 g/mol. The molecule has 176 valence electrons. The molecule has 1 N–H and O–H groups in total. The number of hydrogen-bond donors (Lipinski definition) is 1. The minimum atomic E-state index is -2.29. The molecule has 1 spiro atoms. The van der Waals surface area contributed by atoms with Crippen molar-refractivity contribution >= 4 is 17.6 Å². The second kappa shape index (κ2) is 7.89. The molecule has 7 rings (SSSR count). The number of carbonyl (C=O) groups excluding carboxylic acids is 3. The highest BCUT2D eigenvalue weighted by Crippen LogP contribution is 2.60. The molecule has 2 amide bonds. The summed E-state index contributed by atoms with van der Waals surface area (Å²) in [5, 5.41) is 12.3. The Balaban J connectivity index is 1.59. The zero-order chi connectivity index (χ0) is 24.2. The minimum absolute atomic E-state index is 0.0532. The molecule has 4 saturated heterocycles. The van der Waals surface area contributed by atoms with Crippen LogP contribution in [0.25, 0.3) is 0 Å². The lowest BCUT2D eigenvalue weighted by atomic mass is 9.57. The monoisotopic (exact) mass is 466 g/mol. The molecular formula is C29H26N2O4. The maximum Gasteiger partial charge on any atom is 0.277 e. The molecule has 4 heterocycles. The van der Waals surface area contributed by atoms with Crippen LogP contribution >= 0.6 is 0 Å². The number of amides is 2. The third-order valence-electron chi connectivity index (χ3n) is 7.97. The maximum atomic E-state index is 14.3. The molecule has 4 aliphatic heterocycles. The van der Waals surface area contributed by atoms with Gasteiger partial charge in [-0.2, -0.15) is 0 Å². The van der Waals surface area contributed by atoms with Crippen LogP contribution in [-0.4, -0.2) is 50.3 Å². The molecule has 35 heavy (non-hydrogen) atoms. The average molecular weight is 467 g/mol. The van der Waals surface area contributed by atoms with Crippen molar-refractivity contribution in [3.05, 3.63) is 108 Å². The van der Waals surface area contributed by atoms with E-state index in [1.807, 2.05) is 66.7 Å². The first-order valence-corrected chi connectivity index (χ1v) is 12.0. The standard InChI is InChI=1S/C29H26N2O4/c32-25(22-15-8-3-9-16-22)24-23(21-13-6-2-7-14-21)28-17-10-18-30(28)27(34)29(24,35)31(26(28)33)19-20-11-4-1-5-12-20/h1-9,11-16,23-24,35H,10,17-19H2/t23-,24-,28-,29+/m0/s1. The van der Waals surface area contributed by atoms with Crippen molar-refractivity contribution < 1.29 is 19.5 Å². The molecule has 0 saturated carbocycles. The number of fused-ring (bicyclic) bond motifs is 2. The van der Waals surface area contributed by atoms with E-state index in [0.29, 0.717) is 24.9 Å². The van der Waals surface area contributed by atoms with Crippen molar-refractivity contribution in [2.45, 2.75) is 36.6 Å². The Morgan fingerprint density at radius 2 is 1.46 bits per heavy atom. The summed E-state index contributed by atoms with van der Waals surface area (Å²) < 4.78 is 0. The van der Waals surface area contributed by atoms with Gasteiger partial charge in [0.1, 0.15) is 5.54 Å². The van der Waals surface area contributed by atoms with E-state index in [-0.39, 0.29) is 18.2 Å². The van der Waals surface area contributed by atoms with Gasteiger partial charge in [-0.05, 0) is 24.0 Å². The van der Waals surface area contributed by atoms with Crippen molar-refractivity contribution in [1.29, 1.82) is 0 Å². The van der Waals surface area contributed by atoms with Gasteiger partial charge in [0.05, 0.1) is 5.92 Å². The van der Waals surface area contributed by atoms with Crippen LogP contribution in [0.5, 0.6) is 0 Å². The van der Waals surface area contributed by atoms with Crippen LogP contribution < -0.4 is 0 Å². The second-order valence-electron chi connectivity index (χ2n) is 9.68. The quantitative estimate of drug-likeness (QED) is 0.585. The lowest BCUT2D eigenvalue weighted by Crippen LogP contribution is -2.85. The fourth-order valence-electron chi connectivity index (χ4n) is 6.52. The first-order chi connectivity index (χ1) is 17.0. The van der Waals surface area contributed by atoms with E-state index in [1.54, 1.807) is 29.2 Å². The van der Waals surface area contributed by atoms with E-state index in [4.69, 9.17) is 0 Å². The fraction of sp³-hybridized carbons (Fsp3) is 0.276.